The van der Waals surface area contributed by atoms with E-state index in [2.05, 4.69) is 5.32 Å². The van der Waals surface area contributed by atoms with Crippen molar-refractivity contribution in [2.45, 2.75) is 74.8 Å². The lowest BCUT2D eigenvalue weighted by atomic mass is 9.96. The number of carbonyl (C=O) groups is 1. The Labute approximate surface area is 174 Å². The van der Waals surface area contributed by atoms with E-state index in [4.69, 9.17) is 5.73 Å². The number of benzene rings is 1. The van der Waals surface area contributed by atoms with Crippen LogP contribution in [0, 0.1) is 5.92 Å². The van der Waals surface area contributed by atoms with Crippen LogP contribution in [-0.4, -0.2) is 37.8 Å². The van der Waals surface area contributed by atoms with Gasteiger partial charge in [0, 0.05) is 31.2 Å². The van der Waals surface area contributed by atoms with Crippen molar-refractivity contribution in [2.75, 3.05) is 12.4 Å². The molecule has 3 rings (SSSR count). The van der Waals surface area contributed by atoms with Crippen molar-refractivity contribution < 1.29 is 13.2 Å². The summed E-state index contributed by atoms with van der Waals surface area (Å²) >= 11 is 0. The molecule has 0 radical (unpaired) electrons. The van der Waals surface area contributed by atoms with Gasteiger partial charge < -0.3 is 11.1 Å². The van der Waals surface area contributed by atoms with Crippen molar-refractivity contribution in [3.05, 3.63) is 24.3 Å². The first kappa shape index (κ1) is 23.1. The van der Waals surface area contributed by atoms with Gasteiger partial charge in [-0.25, -0.2) is 8.42 Å². The summed E-state index contributed by atoms with van der Waals surface area (Å²) in [5.41, 5.74) is 6.56. The molecule has 28 heavy (non-hydrogen) atoms. The molecule has 158 valence electrons. The summed E-state index contributed by atoms with van der Waals surface area (Å²) < 4.78 is 27.5. The van der Waals surface area contributed by atoms with E-state index in [0.717, 1.165) is 44.9 Å². The number of hydrogen-bond acceptors (Lipinski definition) is 4. The zero-order chi connectivity index (χ0) is 19.4. The molecule has 2 saturated carbocycles. The van der Waals surface area contributed by atoms with Gasteiger partial charge in [-0.15, -0.1) is 12.4 Å². The van der Waals surface area contributed by atoms with Gasteiger partial charge in [0.25, 0.3) is 0 Å². The van der Waals surface area contributed by atoms with E-state index in [0.29, 0.717) is 12.1 Å². The van der Waals surface area contributed by atoms with E-state index in [1.807, 2.05) is 0 Å². The highest BCUT2D eigenvalue weighted by Gasteiger charge is 2.29. The highest BCUT2D eigenvalue weighted by atomic mass is 35.5. The zero-order valence-corrected chi connectivity index (χ0v) is 18.1. The van der Waals surface area contributed by atoms with Crippen LogP contribution in [0.4, 0.5) is 5.69 Å². The highest BCUT2D eigenvalue weighted by molar-refractivity contribution is 7.89. The van der Waals surface area contributed by atoms with Crippen molar-refractivity contribution in [2.24, 2.45) is 11.7 Å². The van der Waals surface area contributed by atoms with Gasteiger partial charge in [0.2, 0.25) is 15.9 Å². The van der Waals surface area contributed by atoms with Crippen molar-refractivity contribution in [1.82, 2.24) is 4.31 Å². The third kappa shape index (κ3) is 5.47. The highest BCUT2D eigenvalue weighted by Crippen LogP contribution is 2.29. The molecule has 0 heterocycles. The lowest BCUT2D eigenvalue weighted by Crippen LogP contribution is -2.38. The Hall–Kier alpha value is -1.15. The first-order valence-corrected chi connectivity index (χ1v) is 11.5. The fraction of sp³-hybridized carbons (Fsp3) is 0.650. The Bertz CT molecular complexity index is 766. The molecule has 0 unspecified atom stereocenters. The quantitative estimate of drug-likeness (QED) is 0.723. The molecule has 2 aliphatic rings. The summed E-state index contributed by atoms with van der Waals surface area (Å²) in [6, 6.07) is 6.71. The number of nitrogens with two attached hydrogens (primary N) is 1. The van der Waals surface area contributed by atoms with Gasteiger partial charge >= 0.3 is 0 Å². The van der Waals surface area contributed by atoms with Crippen LogP contribution < -0.4 is 11.1 Å². The van der Waals surface area contributed by atoms with Crippen LogP contribution in [-0.2, 0) is 14.8 Å². The van der Waals surface area contributed by atoms with Gasteiger partial charge in [-0.3, -0.25) is 4.79 Å². The Morgan fingerprint density at radius 2 is 1.86 bits per heavy atom. The molecule has 2 fully saturated rings. The molecule has 2 aliphatic carbocycles. The molecule has 2 atom stereocenters. The second-order valence-corrected chi connectivity index (χ2v) is 9.95. The lowest BCUT2D eigenvalue weighted by Gasteiger charge is -2.30. The van der Waals surface area contributed by atoms with Gasteiger partial charge in [-0.05, 0) is 49.8 Å². The molecular formula is C20H32ClN3O3S. The molecule has 0 spiro atoms. The van der Waals surface area contributed by atoms with Crippen LogP contribution in [0.3, 0.4) is 0 Å². The van der Waals surface area contributed by atoms with E-state index in [1.165, 1.54) is 10.7 Å². The average Bonchev–Trinajstić information content (AvgIpc) is 3.06. The van der Waals surface area contributed by atoms with Crippen LogP contribution in [0.1, 0.15) is 57.8 Å². The van der Waals surface area contributed by atoms with Gasteiger partial charge in [0.15, 0.2) is 0 Å². The van der Waals surface area contributed by atoms with Crippen LogP contribution in [0.15, 0.2) is 29.2 Å². The first-order valence-electron chi connectivity index (χ1n) is 10.0. The second kappa shape index (κ2) is 10.1. The third-order valence-corrected chi connectivity index (χ3v) is 7.96. The SMILES string of the molecule is CN(C1CCCCC1)S(=O)(=O)c1cccc(NC(=O)C[C@@H]2CCC[C@H]2N)c1.Cl. The molecule has 1 aromatic carbocycles. The average molecular weight is 430 g/mol. The van der Waals surface area contributed by atoms with Gasteiger partial charge in [0.05, 0.1) is 4.90 Å². The number of halogens is 1. The number of hydrogen-bond donors (Lipinski definition) is 2. The number of carbonyl (C=O) groups excluding carboxylic acids is 1. The molecule has 0 bridgehead atoms. The summed E-state index contributed by atoms with van der Waals surface area (Å²) in [6.45, 7) is 0. The zero-order valence-electron chi connectivity index (χ0n) is 16.5. The summed E-state index contributed by atoms with van der Waals surface area (Å²) in [5, 5.41) is 2.84. The lowest BCUT2D eigenvalue weighted by molar-refractivity contribution is -0.117. The standard InChI is InChI=1S/C20H31N3O3S.ClH/c1-23(17-9-3-2-4-10-17)27(25,26)18-11-6-8-16(14-18)22-20(24)13-15-7-5-12-19(15)21;/h6,8,11,14-15,17,19H,2-5,7,9-10,12-13,21H2,1H3,(H,22,24);1H/t15-,19+;/m0./s1. The minimum absolute atomic E-state index is 0. The van der Waals surface area contributed by atoms with E-state index in [1.54, 1.807) is 31.3 Å². The molecule has 0 aromatic heterocycles. The minimum atomic E-state index is -3.57. The molecule has 0 saturated heterocycles. The Balaban J connectivity index is 0.00000280. The van der Waals surface area contributed by atoms with Gasteiger partial charge in [-0.2, -0.15) is 4.31 Å². The number of sulfonamides is 1. The molecular weight excluding hydrogens is 398 g/mol. The van der Waals surface area contributed by atoms with E-state index in [9.17, 15) is 13.2 Å². The smallest absolute Gasteiger partial charge is 0.243 e. The monoisotopic (exact) mass is 429 g/mol. The Morgan fingerprint density at radius 1 is 1.14 bits per heavy atom. The predicted octanol–water partition coefficient (Wildman–Crippen LogP) is 3.52. The molecule has 1 amide bonds. The van der Waals surface area contributed by atoms with E-state index >= 15 is 0 Å². The maximum Gasteiger partial charge on any atom is 0.243 e. The summed E-state index contributed by atoms with van der Waals surface area (Å²) in [5.74, 6) is 0.113. The molecule has 6 nitrogen and oxygen atoms in total. The van der Waals surface area contributed by atoms with Gasteiger partial charge in [-0.1, -0.05) is 31.7 Å². The van der Waals surface area contributed by atoms with Crippen LogP contribution in [0.5, 0.6) is 0 Å². The van der Waals surface area contributed by atoms with Crippen molar-refractivity contribution in [1.29, 1.82) is 0 Å². The topological polar surface area (TPSA) is 92.5 Å². The minimum Gasteiger partial charge on any atom is -0.327 e. The predicted molar refractivity (Wildman–Crippen MR) is 114 cm³/mol. The molecule has 0 aliphatic heterocycles. The fourth-order valence-electron chi connectivity index (χ4n) is 4.31. The van der Waals surface area contributed by atoms with E-state index in [-0.39, 0.29) is 41.2 Å². The number of nitrogens with one attached hydrogen (secondary N) is 1. The number of amides is 1. The first-order chi connectivity index (χ1) is 12.9. The summed E-state index contributed by atoms with van der Waals surface area (Å²) in [7, 11) is -1.90. The molecule has 3 N–H and O–H groups in total. The van der Waals surface area contributed by atoms with Crippen LogP contribution in [0.25, 0.3) is 0 Å². The number of anilines is 1. The normalized spacial score (nSPS) is 23.4. The summed E-state index contributed by atoms with van der Waals surface area (Å²) in [6.07, 6.45) is 8.56. The Morgan fingerprint density at radius 3 is 2.50 bits per heavy atom. The van der Waals surface area contributed by atoms with Crippen molar-refractivity contribution in [3.8, 4) is 0 Å². The van der Waals surface area contributed by atoms with Gasteiger partial charge in [0.1, 0.15) is 0 Å². The summed E-state index contributed by atoms with van der Waals surface area (Å²) in [4.78, 5) is 12.6. The molecule has 8 heteroatoms. The Kier molecular flexibility index (Phi) is 8.30. The van der Waals surface area contributed by atoms with Crippen molar-refractivity contribution >= 4 is 34.0 Å². The largest absolute Gasteiger partial charge is 0.327 e. The van der Waals surface area contributed by atoms with Crippen LogP contribution >= 0.6 is 12.4 Å². The third-order valence-electron chi connectivity index (χ3n) is 6.05. The fourth-order valence-corrected chi connectivity index (χ4v) is 5.77. The maximum absolute atomic E-state index is 13.0. The maximum atomic E-state index is 13.0. The van der Waals surface area contributed by atoms with Crippen molar-refractivity contribution in [3.63, 3.8) is 0 Å². The second-order valence-electron chi connectivity index (χ2n) is 7.95. The van der Waals surface area contributed by atoms with E-state index < -0.39 is 10.0 Å². The number of rotatable bonds is 6. The number of nitrogens with zero attached hydrogens (tertiary/aromatic N) is 1. The van der Waals surface area contributed by atoms with Crippen LogP contribution in [0.2, 0.25) is 0 Å². The molecule has 1 aromatic rings.